The van der Waals surface area contributed by atoms with Gasteiger partial charge < -0.3 is 5.32 Å². The second kappa shape index (κ2) is 3.64. The number of hydrogen-bond donors (Lipinski definition) is 1. The Labute approximate surface area is 83.5 Å². The Morgan fingerprint density at radius 1 is 1.38 bits per heavy atom. The van der Waals surface area contributed by atoms with Crippen molar-refractivity contribution in [2.45, 2.75) is 20.3 Å². The van der Waals surface area contributed by atoms with Crippen molar-refractivity contribution >= 4 is 16.9 Å². The number of hydrogen-bond acceptors (Lipinski definition) is 2. The predicted octanol–water partition coefficient (Wildman–Crippen LogP) is 2.82. The van der Waals surface area contributed by atoms with Gasteiger partial charge in [0.2, 0.25) is 0 Å². The molecule has 0 spiro atoms. The minimum Gasteiger partial charge on any atom is -0.312 e. The quantitative estimate of drug-likeness (QED) is 0.723. The first-order valence-corrected chi connectivity index (χ1v) is 5.61. The van der Waals surface area contributed by atoms with Gasteiger partial charge in [0, 0.05) is 11.4 Å². The lowest BCUT2D eigenvalue weighted by Gasteiger charge is -2.18. The van der Waals surface area contributed by atoms with Crippen LogP contribution >= 0.6 is 11.3 Å². The molecule has 0 bridgehead atoms. The molecule has 1 N–H and O–H groups in total. The van der Waals surface area contributed by atoms with E-state index in [-0.39, 0.29) is 0 Å². The lowest BCUT2D eigenvalue weighted by atomic mass is 9.97. The standard InChI is InChI=1S/C11H15NS/c1-8-3-5-12-7-11(8)10-4-6-13-9(10)2/h4,6,12H,3,5,7H2,1-2H3. The first-order chi connectivity index (χ1) is 6.29. The van der Waals surface area contributed by atoms with Crippen LogP contribution in [0.1, 0.15) is 23.8 Å². The molecule has 0 aliphatic carbocycles. The predicted molar refractivity (Wildman–Crippen MR) is 59.1 cm³/mol. The van der Waals surface area contributed by atoms with Crippen molar-refractivity contribution in [3.05, 3.63) is 27.5 Å². The Morgan fingerprint density at radius 3 is 2.85 bits per heavy atom. The summed E-state index contributed by atoms with van der Waals surface area (Å²) < 4.78 is 0. The summed E-state index contributed by atoms with van der Waals surface area (Å²) in [6.07, 6.45) is 1.20. The number of thiophene rings is 1. The molecule has 0 saturated heterocycles. The van der Waals surface area contributed by atoms with Crippen molar-refractivity contribution < 1.29 is 0 Å². The monoisotopic (exact) mass is 193 g/mol. The average molecular weight is 193 g/mol. The molecule has 1 aromatic rings. The summed E-state index contributed by atoms with van der Waals surface area (Å²) in [5.74, 6) is 0. The Hall–Kier alpha value is -0.600. The Bertz CT molecular complexity index is 336. The third-order valence-electron chi connectivity index (χ3n) is 2.68. The molecule has 2 heteroatoms. The summed E-state index contributed by atoms with van der Waals surface area (Å²) in [5.41, 5.74) is 4.53. The summed E-state index contributed by atoms with van der Waals surface area (Å²) in [6, 6.07) is 2.24. The van der Waals surface area contributed by atoms with Gasteiger partial charge >= 0.3 is 0 Å². The third kappa shape index (κ3) is 1.69. The highest BCUT2D eigenvalue weighted by Crippen LogP contribution is 2.28. The van der Waals surface area contributed by atoms with E-state index in [4.69, 9.17) is 0 Å². The molecule has 1 aromatic heterocycles. The minimum atomic E-state index is 1.05. The molecule has 0 unspecified atom stereocenters. The van der Waals surface area contributed by atoms with Crippen LogP contribution < -0.4 is 5.32 Å². The van der Waals surface area contributed by atoms with E-state index in [1.54, 1.807) is 5.57 Å². The van der Waals surface area contributed by atoms with Gasteiger partial charge in [-0.15, -0.1) is 11.3 Å². The number of nitrogens with one attached hydrogen (secondary N) is 1. The topological polar surface area (TPSA) is 12.0 Å². The molecule has 13 heavy (non-hydrogen) atoms. The molecular formula is C11H15NS. The van der Waals surface area contributed by atoms with Crippen LogP contribution in [0.4, 0.5) is 0 Å². The molecule has 70 valence electrons. The maximum Gasteiger partial charge on any atom is 0.0211 e. The molecule has 0 atom stereocenters. The molecule has 0 radical (unpaired) electrons. The second-order valence-electron chi connectivity index (χ2n) is 3.58. The van der Waals surface area contributed by atoms with E-state index in [2.05, 4.69) is 30.6 Å². The summed E-state index contributed by atoms with van der Waals surface area (Å²) in [6.45, 7) is 6.64. The van der Waals surface area contributed by atoms with E-state index < -0.39 is 0 Å². The van der Waals surface area contributed by atoms with Crippen LogP contribution in [0.25, 0.3) is 5.57 Å². The van der Waals surface area contributed by atoms with Crippen LogP contribution in [-0.4, -0.2) is 13.1 Å². The van der Waals surface area contributed by atoms with Gasteiger partial charge in [0.25, 0.3) is 0 Å². The first kappa shape index (κ1) is 8.97. The van der Waals surface area contributed by atoms with Gasteiger partial charge in [0.15, 0.2) is 0 Å². The van der Waals surface area contributed by atoms with E-state index in [9.17, 15) is 0 Å². The summed E-state index contributed by atoms with van der Waals surface area (Å²) in [7, 11) is 0. The molecule has 0 saturated carbocycles. The minimum absolute atomic E-state index is 1.05. The maximum atomic E-state index is 3.43. The highest BCUT2D eigenvalue weighted by molar-refractivity contribution is 7.10. The van der Waals surface area contributed by atoms with Gasteiger partial charge in [-0.05, 0) is 49.4 Å². The number of rotatable bonds is 1. The van der Waals surface area contributed by atoms with Gasteiger partial charge in [0.05, 0.1) is 0 Å². The molecule has 1 aliphatic heterocycles. The van der Waals surface area contributed by atoms with Gasteiger partial charge in [-0.1, -0.05) is 5.57 Å². The van der Waals surface area contributed by atoms with E-state index in [0.717, 1.165) is 13.1 Å². The second-order valence-corrected chi connectivity index (χ2v) is 4.70. The molecular weight excluding hydrogens is 178 g/mol. The fourth-order valence-corrected chi connectivity index (χ4v) is 2.54. The van der Waals surface area contributed by atoms with Gasteiger partial charge in [0.1, 0.15) is 0 Å². The fourth-order valence-electron chi connectivity index (χ4n) is 1.81. The van der Waals surface area contributed by atoms with E-state index in [0.29, 0.717) is 0 Å². The maximum absolute atomic E-state index is 3.43. The zero-order valence-corrected chi connectivity index (χ0v) is 9.00. The lowest BCUT2D eigenvalue weighted by Crippen LogP contribution is -2.23. The van der Waals surface area contributed by atoms with Crippen molar-refractivity contribution in [2.24, 2.45) is 0 Å². The summed E-state index contributed by atoms with van der Waals surface area (Å²) >= 11 is 1.84. The van der Waals surface area contributed by atoms with Crippen LogP contribution in [-0.2, 0) is 0 Å². The summed E-state index contributed by atoms with van der Waals surface area (Å²) in [5, 5.41) is 5.61. The fraction of sp³-hybridized carbons (Fsp3) is 0.455. The first-order valence-electron chi connectivity index (χ1n) is 4.73. The highest BCUT2D eigenvalue weighted by atomic mass is 32.1. The van der Waals surface area contributed by atoms with Gasteiger partial charge in [-0.2, -0.15) is 0 Å². The zero-order valence-electron chi connectivity index (χ0n) is 8.18. The molecule has 2 heterocycles. The van der Waals surface area contributed by atoms with Crippen molar-refractivity contribution in [2.75, 3.05) is 13.1 Å². The molecule has 0 amide bonds. The van der Waals surface area contributed by atoms with E-state index in [1.807, 2.05) is 11.3 Å². The Balaban J connectivity index is 2.40. The molecule has 0 fully saturated rings. The Morgan fingerprint density at radius 2 is 2.23 bits per heavy atom. The van der Waals surface area contributed by atoms with Crippen LogP contribution in [0.3, 0.4) is 0 Å². The van der Waals surface area contributed by atoms with Crippen LogP contribution in [0.15, 0.2) is 17.0 Å². The largest absolute Gasteiger partial charge is 0.312 e. The molecule has 1 nitrogen and oxygen atoms in total. The Kier molecular flexibility index (Phi) is 2.51. The molecule has 1 aliphatic rings. The van der Waals surface area contributed by atoms with E-state index >= 15 is 0 Å². The molecule has 2 rings (SSSR count). The molecule has 0 aromatic carbocycles. The van der Waals surface area contributed by atoms with E-state index in [1.165, 1.54) is 22.4 Å². The average Bonchev–Trinajstić information content (AvgIpc) is 2.52. The normalized spacial score (nSPS) is 18.0. The smallest absolute Gasteiger partial charge is 0.0211 e. The van der Waals surface area contributed by atoms with Crippen LogP contribution in [0, 0.1) is 6.92 Å². The van der Waals surface area contributed by atoms with Crippen LogP contribution in [0.5, 0.6) is 0 Å². The third-order valence-corrected chi connectivity index (χ3v) is 3.52. The SMILES string of the molecule is CC1=C(c2ccsc2C)CNCC1. The zero-order chi connectivity index (χ0) is 9.26. The lowest BCUT2D eigenvalue weighted by molar-refractivity contribution is 0.715. The van der Waals surface area contributed by atoms with Gasteiger partial charge in [-0.25, -0.2) is 0 Å². The number of aryl methyl sites for hydroxylation is 1. The van der Waals surface area contributed by atoms with Crippen LogP contribution in [0.2, 0.25) is 0 Å². The van der Waals surface area contributed by atoms with Crippen molar-refractivity contribution in [3.63, 3.8) is 0 Å². The summed E-state index contributed by atoms with van der Waals surface area (Å²) in [4.78, 5) is 1.44. The highest BCUT2D eigenvalue weighted by Gasteiger charge is 2.12. The van der Waals surface area contributed by atoms with Crippen molar-refractivity contribution in [3.8, 4) is 0 Å². The van der Waals surface area contributed by atoms with Crippen molar-refractivity contribution in [1.82, 2.24) is 5.32 Å². The van der Waals surface area contributed by atoms with Crippen molar-refractivity contribution in [1.29, 1.82) is 0 Å². The van der Waals surface area contributed by atoms with Gasteiger partial charge in [-0.3, -0.25) is 0 Å².